The number of pyridine rings is 1. The second kappa shape index (κ2) is 7.48. The Kier molecular flexibility index (Phi) is 5.27. The largest absolute Gasteiger partial charge is 0.348 e. The smallest absolute Gasteiger partial charge is 0.257 e. The highest BCUT2D eigenvalue weighted by atomic mass is 32.2. The van der Waals surface area contributed by atoms with Crippen LogP contribution in [0.4, 0.5) is 5.69 Å². The lowest BCUT2D eigenvalue weighted by molar-refractivity contribution is 0.0940. The molecule has 2 amide bonds. The number of aryl methyl sites for hydroxylation is 2. The Morgan fingerprint density at radius 3 is 2.30 bits per heavy atom. The Hall–Kier alpha value is -2.74. The zero-order valence-electron chi connectivity index (χ0n) is 15.2. The predicted octanol–water partition coefficient (Wildman–Crippen LogP) is 1.87. The molecule has 7 nitrogen and oxygen atoms in total. The van der Waals surface area contributed by atoms with Crippen molar-refractivity contribution in [3.63, 3.8) is 0 Å². The average molecular weight is 387 g/mol. The van der Waals surface area contributed by atoms with Crippen molar-refractivity contribution in [2.24, 2.45) is 0 Å². The Morgan fingerprint density at radius 1 is 1.07 bits per heavy atom. The van der Waals surface area contributed by atoms with Gasteiger partial charge < -0.3 is 10.6 Å². The quantitative estimate of drug-likeness (QED) is 0.833. The summed E-state index contributed by atoms with van der Waals surface area (Å²) in [7, 11) is -3.08. The molecule has 2 N–H and O–H groups in total. The highest BCUT2D eigenvalue weighted by molar-refractivity contribution is 7.91. The van der Waals surface area contributed by atoms with Crippen molar-refractivity contribution in [2.75, 3.05) is 16.8 Å². The van der Waals surface area contributed by atoms with Crippen molar-refractivity contribution >= 4 is 27.3 Å². The molecule has 1 aromatic carbocycles. The number of sulfone groups is 1. The van der Waals surface area contributed by atoms with Crippen molar-refractivity contribution in [1.29, 1.82) is 0 Å². The maximum absolute atomic E-state index is 12.6. The van der Waals surface area contributed by atoms with Crippen LogP contribution >= 0.6 is 0 Å². The van der Waals surface area contributed by atoms with Gasteiger partial charge >= 0.3 is 0 Å². The van der Waals surface area contributed by atoms with Gasteiger partial charge in [-0.2, -0.15) is 0 Å². The summed E-state index contributed by atoms with van der Waals surface area (Å²) in [5, 5.41) is 5.55. The summed E-state index contributed by atoms with van der Waals surface area (Å²) in [6.07, 6.45) is 3.14. The maximum atomic E-state index is 12.6. The molecule has 2 aromatic rings. The average Bonchev–Trinajstić information content (AvgIpc) is 2.96. The standard InChI is InChI=1S/C19H21N3O4S/c1-12-4-3-5-13(2)17(12)22-19(24)15-8-14(9-20-10-15)18(23)21-16-6-7-27(25,26)11-16/h3-5,8-10,16H,6-7,11H2,1-2H3,(H,21,23)(H,22,24). The fourth-order valence-corrected chi connectivity index (χ4v) is 4.74. The second-order valence-corrected chi connectivity index (χ2v) is 8.99. The summed E-state index contributed by atoms with van der Waals surface area (Å²) in [6, 6.07) is 6.76. The van der Waals surface area contributed by atoms with Crippen molar-refractivity contribution < 1.29 is 18.0 Å². The molecule has 1 atom stereocenters. The van der Waals surface area contributed by atoms with E-state index in [0.29, 0.717) is 6.42 Å². The molecule has 0 spiro atoms. The van der Waals surface area contributed by atoms with Crippen LogP contribution < -0.4 is 10.6 Å². The van der Waals surface area contributed by atoms with E-state index in [4.69, 9.17) is 0 Å². The zero-order chi connectivity index (χ0) is 19.6. The number of nitrogens with one attached hydrogen (secondary N) is 2. The SMILES string of the molecule is Cc1cccc(C)c1NC(=O)c1cncc(C(=O)NC2CCS(=O)(=O)C2)c1. The van der Waals surface area contributed by atoms with E-state index in [-0.39, 0.29) is 28.5 Å². The van der Waals surface area contributed by atoms with E-state index in [9.17, 15) is 18.0 Å². The van der Waals surface area contributed by atoms with E-state index in [1.807, 2.05) is 32.0 Å². The molecule has 1 aliphatic rings. The van der Waals surface area contributed by atoms with Crippen LogP contribution in [0.15, 0.2) is 36.7 Å². The highest BCUT2D eigenvalue weighted by Crippen LogP contribution is 2.20. The van der Waals surface area contributed by atoms with Crippen molar-refractivity contribution in [1.82, 2.24) is 10.3 Å². The van der Waals surface area contributed by atoms with Crippen LogP contribution in [-0.2, 0) is 9.84 Å². The lowest BCUT2D eigenvalue weighted by Gasteiger charge is -2.13. The number of rotatable bonds is 4. The van der Waals surface area contributed by atoms with Gasteiger partial charge in [0.05, 0.1) is 22.6 Å². The minimum Gasteiger partial charge on any atom is -0.348 e. The van der Waals surface area contributed by atoms with Gasteiger partial charge in [-0.25, -0.2) is 8.42 Å². The normalized spacial score (nSPS) is 18.1. The van der Waals surface area contributed by atoms with E-state index >= 15 is 0 Å². The van der Waals surface area contributed by atoms with Crippen LogP contribution in [0.1, 0.15) is 38.3 Å². The van der Waals surface area contributed by atoms with E-state index in [0.717, 1.165) is 16.8 Å². The first kappa shape index (κ1) is 19.0. The van der Waals surface area contributed by atoms with Crippen molar-refractivity contribution in [2.45, 2.75) is 26.3 Å². The molecule has 2 heterocycles. The molecule has 1 aliphatic heterocycles. The number of aromatic nitrogens is 1. The van der Waals surface area contributed by atoms with E-state index < -0.39 is 21.8 Å². The summed E-state index contributed by atoms with van der Waals surface area (Å²) in [6.45, 7) is 3.81. The summed E-state index contributed by atoms with van der Waals surface area (Å²) < 4.78 is 23.0. The third-order valence-corrected chi connectivity index (χ3v) is 6.32. The molecule has 0 bridgehead atoms. The van der Waals surface area contributed by atoms with Gasteiger partial charge in [0, 0.05) is 24.1 Å². The molecule has 3 rings (SSSR count). The number of hydrogen-bond donors (Lipinski definition) is 2. The Bertz CT molecular complexity index is 982. The molecule has 0 saturated carbocycles. The van der Waals surface area contributed by atoms with E-state index in [1.54, 1.807) is 0 Å². The summed E-state index contributed by atoms with van der Waals surface area (Å²) >= 11 is 0. The monoisotopic (exact) mass is 387 g/mol. The fourth-order valence-electron chi connectivity index (χ4n) is 3.06. The van der Waals surface area contributed by atoms with Crippen LogP contribution in [0.25, 0.3) is 0 Å². The Morgan fingerprint density at radius 2 is 1.70 bits per heavy atom. The Labute approximate surface area is 158 Å². The van der Waals surface area contributed by atoms with Gasteiger partial charge in [-0.1, -0.05) is 18.2 Å². The third kappa shape index (κ3) is 4.51. The highest BCUT2D eigenvalue weighted by Gasteiger charge is 2.29. The lowest BCUT2D eigenvalue weighted by atomic mass is 10.1. The van der Waals surface area contributed by atoms with Crippen molar-refractivity contribution in [3.8, 4) is 0 Å². The minimum atomic E-state index is -3.08. The zero-order valence-corrected chi connectivity index (χ0v) is 16.0. The molecule has 1 saturated heterocycles. The number of nitrogens with zero attached hydrogens (tertiary/aromatic N) is 1. The van der Waals surface area contributed by atoms with Gasteiger partial charge in [-0.15, -0.1) is 0 Å². The molecule has 1 unspecified atom stereocenters. The van der Waals surface area contributed by atoms with Crippen LogP contribution in [0.5, 0.6) is 0 Å². The number of benzene rings is 1. The number of hydrogen-bond acceptors (Lipinski definition) is 5. The third-order valence-electron chi connectivity index (χ3n) is 4.55. The van der Waals surface area contributed by atoms with Gasteiger partial charge in [0.2, 0.25) is 0 Å². The van der Waals surface area contributed by atoms with Crippen LogP contribution in [0, 0.1) is 13.8 Å². The maximum Gasteiger partial charge on any atom is 0.257 e. The molecule has 1 aromatic heterocycles. The first-order chi connectivity index (χ1) is 12.7. The van der Waals surface area contributed by atoms with Gasteiger partial charge in [0.1, 0.15) is 0 Å². The van der Waals surface area contributed by atoms with Crippen molar-refractivity contribution in [3.05, 3.63) is 58.9 Å². The number of para-hydroxylation sites is 1. The molecule has 142 valence electrons. The predicted molar refractivity (Wildman–Crippen MR) is 103 cm³/mol. The molecular formula is C19H21N3O4S. The van der Waals surface area contributed by atoms with Crippen LogP contribution in [-0.4, -0.2) is 42.8 Å². The molecular weight excluding hydrogens is 366 g/mol. The lowest BCUT2D eigenvalue weighted by Crippen LogP contribution is -2.35. The van der Waals surface area contributed by atoms with E-state index in [2.05, 4.69) is 15.6 Å². The fraction of sp³-hybridized carbons (Fsp3) is 0.316. The summed E-state index contributed by atoms with van der Waals surface area (Å²) in [5.41, 5.74) is 3.08. The number of amides is 2. The number of carbonyl (C=O) groups is 2. The molecule has 27 heavy (non-hydrogen) atoms. The second-order valence-electron chi connectivity index (χ2n) is 6.76. The van der Waals surface area contributed by atoms with Gasteiger partial charge in [0.25, 0.3) is 11.8 Å². The minimum absolute atomic E-state index is 0.0566. The van der Waals surface area contributed by atoms with E-state index in [1.165, 1.54) is 18.5 Å². The molecule has 1 fully saturated rings. The first-order valence-electron chi connectivity index (χ1n) is 8.59. The van der Waals surface area contributed by atoms with Gasteiger partial charge in [0.15, 0.2) is 9.84 Å². The summed E-state index contributed by atoms with van der Waals surface area (Å²) in [4.78, 5) is 28.9. The summed E-state index contributed by atoms with van der Waals surface area (Å²) in [5.74, 6) is -0.780. The number of anilines is 1. The molecule has 0 aliphatic carbocycles. The van der Waals surface area contributed by atoms with Crippen LogP contribution in [0.2, 0.25) is 0 Å². The van der Waals surface area contributed by atoms with Gasteiger partial charge in [-0.3, -0.25) is 14.6 Å². The topological polar surface area (TPSA) is 105 Å². The number of carbonyl (C=O) groups excluding carboxylic acids is 2. The first-order valence-corrected chi connectivity index (χ1v) is 10.4. The molecule has 8 heteroatoms. The molecule has 0 radical (unpaired) electrons. The van der Waals surface area contributed by atoms with Crippen LogP contribution in [0.3, 0.4) is 0 Å². The van der Waals surface area contributed by atoms with Gasteiger partial charge in [-0.05, 0) is 37.5 Å². The Balaban J connectivity index is 1.73.